The van der Waals surface area contributed by atoms with Gasteiger partial charge in [-0.2, -0.15) is 0 Å². The first-order valence-electron chi connectivity index (χ1n) is 15.3. The Morgan fingerprint density at radius 1 is 1.24 bits per heavy atom. The van der Waals surface area contributed by atoms with Gasteiger partial charge in [-0.25, -0.2) is 19.2 Å². The van der Waals surface area contributed by atoms with Crippen molar-refractivity contribution in [3.63, 3.8) is 0 Å². The summed E-state index contributed by atoms with van der Waals surface area (Å²) in [5.41, 5.74) is -0.378. The lowest BCUT2D eigenvalue weighted by molar-refractivity contribution is -0.141. The first kappa shape index (κ1) is 31.2. The number of ether oxygens (including phenoxy) is 1. The molecule has 11 nitrogen and oxygen atoms in total. The summed E-state index contributed by atoms with van der Waals surface area (Å²) in [5.74, 6) is -0.554. The number of likely N-dealkylation sites (tertiary alicyclic amines) is 1. The molecule has 3 aromatic heterocycles. The second-order valence-corrected chi connectivity index (χ2v) is 12.8. The number of hydrogen-bond acceptors (Lipinski definition) is 8. The quantitative estimate of drug-likeness (QED) is 0.222. The minimum absolute atomic E-state index is 0.0301. The average Bonchev–Trinajstić information content (AvgIpc) is 3.67. The lowest BCUT2D eigenvalue weighted by Crippen LogP contribution is -2.51. The van der Waals surface area contributed by atoms with Gasteiger partial charge in [-0.05, 0) is 59.8 Å². The second-order valence-electron chi connectivity index (χ2n) is 11.9. The molecule has 2 aliphatic heterocycles. The van der Waals surface area contributed by atoms with E-state index in [9.17, 15) is 19.5 Å². The summed E-state index contributed by atoms with van der Waals surface area (Å²) >= 11 is 3.29. The van der Waals surface area contributed by atoms with Crippen LogP contribution in [-0.4, -0.2) is 75.7 Å². The van der Waals surface area contributed by atoms with Crippen LogP contribution in [0.3, 0.4) is 0 Å². The van der Waals surface area contributed by atoms with E-state index >= 15 is 4.39 Å². The minimum atomic E-state index is -1.83. The summed E-state index contributed by atoms with van der Waals surface area (Å²) in [6.07, 6.45) is 4.71. The van der Waals surface area contributed by atoms with Gasteiger partial charge in [0.25, 0.3) is 5.56 Å². The third-order valence-electron chi connectivity index (χ3n) is 8.91. The van der Waals surface area contributed by atoms with Crippen LogP contribution in [0.5, 0.6) is 0 Å². The fourth-order valence-electron chi connectivity index (χ4n) is 6.45. The van der Waals surface area contributed by atoms with E-state index in [1.807, 2.05) is 24.3 Å². The van der Waals surface area contributed by atoms with Crippen LogP contribution < -0.4 is 10.5 Å². The first-order valence-corrected chi connectivity index (χ1v) is 16.1. The molecule has 13 heteroatoms. The number of aliphatic carboxylic acids is 1. The molecule has 0 bridgehead atoms. The Hall–Kier alpha value is -3.84. The third-order valence-corrected chi connectivity index (χ3v) is 9.37. The van der Waals surface area contributed by atoms with Crippen LogP contribution in [0.1, 0.15) is 50.4 Å². The van der Waals surface area contributed by atoms with Gasteiger partial charge in [-0.1, -0.05) is 19.1 Å². The highest BCUT2D eigenvalue weighted by molar-refractivity contribution is 9.10. The van der Waals surface area contributed by atoms with Crippen LogP contribution in [-0.2, 0) is 26.4 Å². The van der Waals surface area contributed by atoms with E-state index < -0.39 is 29.2 Å². The molecular formula is C32H35BrFN5O6. The maximum absolute atomic E-state index is 16.0. The number of anilines is 1. The number of nitrogens with one attached hydrogen (secondary N) is 1. The Kier molecular flexibility index (Phi) is 8.91. The molecule has 5 heterocycles. The molecule has 0 aliphatic carbocycles. The molecule has 2 aliphatic rings. The Morgan fingerprint density at radius 3 is 2.87 bits per heavy atom. The van der Waals surface area contributed by atoms with Gasteiger partial charge in [-0.3, -0.25) is 9.59 Å². The topological polar surface area (TPSA) is 142 Å². The molecular weight excluding hydrogens is 649 g/mol. The van der Waals surface area contributed by atoms with E-state index in [1.165, 1.54) is 12.3 Å². The molecule has 2 N–H and O–H groups in total. The Balaban J connectivity index is 1.04. The van der Waals surface area contributed by atoms with Crippen molar-refractivity contribution in [3.8, 4) is 0 Å². The van der Waals surface area contributed by atoms with E-state index in [0.717, 1.165) is 11.8 Å². The average molecular weight is 685 g/mol. The van der Waals surface area contributed by atoms with Crippen LogP contribution in [0.25, 0.3) is 22.1 Å². The monoisotopic (exact) mass is 683 g/mol. The van der Waals surface area contributed by atoms with Gasteiger partial charge in [0, 0.05) is 61.1 Å². The largest absolute Gasteiger partial charge is 0.480 e. The molecule has 2 saturated heterocycles. The van der Waals surface area contributed by atoms with Gasteiger partial charge >= 0.3 is 5.97 Å². The zero-order valence-electron chi connectivity index (χ0n) is 24.9. The van der Waals surface area contributed by atoms with Crippen molar-refractivity contribution in [3.05, 3.63) is 62.7 Å². The van der Waals surface area contributed by atoms with Gasteiger partial charge in [0.1, 0.15) is 35.2 Å². The standard InChI is InChI=1S/C32H35BrFN5O6/c1-19-17-38(13-11-32(19,34)22-15-20(33)16-35-30(22)41)26(40)18-44-14-5-4-10-25-36-27-21-7-2-3-9-24(21)45-28(27)29(37-25)39-12-6-8-23(39)31(42)43/h2-3,7,9,15-16,19,23H,4-6,8,10-14,17-18H2,1H3,(H,35,41)(H,42,43)/t19-,23-,32+/m0/s1. The molecule has 45 heavy (non-hydrogen) atoms. The van der Waals surface area contributed by atoms with Gasteiger partial charge in [0.2, 0.25) is 5.91 Å². The molecule has 6 rings (SSSR count). The smallest absolute Gasteiger partial charge is 0.326 e. The summed E-state index contributed by atoms with van der Waals surface area (Å²) in [5, 5.41) is 10.6. The number of para-hydroxylation sites is 1. The van der Waals surface area contributed by atoms with Crippen molar-refractivity contribution >= 4 is 55.7 Å². The number of halogens is 2. The van der Waals surface area contributed by atoms with Crippen LogP contribution in [0.15, 0.2) is 50.2 Å². The molecule has 0 saturated carbocycles. The summed E-state index contributed by atoms with van der Waals surface area (Å²) < 4.78 is 28.3. The number of carboxylic acid groups (broad SMARTS) is 1. The van der Waals surface area contributed by atoms with E-state index in [-0.39, 0.29) is 37.6 Å². The number of rotatable bonds is 10. The van der Waals surface area contributed by atoms with Crippen LogP contribution in [0.4, 0.5) is 10.2 Å². The van der Waals surface area contributed by atoms with E-state index in [2.05, 4.69) is 20.9 Å². The molecule has 238 valence electrons. The Labute approximate surface area is 266 Å². The number of piperidine rings is 1. The molecule has 0 unspecified atom stereocenters. The number of aromatic nitrogens is 3. The predicted octanol–water partition coefficient (Wildman–Crippen LogP) is 4.95. The van der Waals surface area contributed by atoms with Crippen molar-refractivity contribution in [2.45, 2.75) is 57.2 Å². The number of aryl methyl sites for hydroxylation is 1. The number of carbonyl (C=O) groups excluding carboxylic acids is 1. The summed E-state index contributed by atoms with van der Waals surface area (Å²) in [6, 6.07) is 8.43. The number of aromatic amines is 1. The van der Waals surface area contributed by atoms with Crippen molar-refractivity contribution in [1.82, 2.24) is 19.9 Å². The summed E-state index contributed by atoms with van der Waals surface area (Å²) in [6.45, 7) is 2.92. The normalized spacial score (nSPS) is 22.0. The fourth-order valence-corrected chi connectivity index (χ4v) is 6.79. The summed E-state index contributed by atoms with van der Waals surface area (Å²) in [4.78, 5) is 52.6. The molecule has 0 radical (unpaired) electrons. The maximum Gasteiger partial charge on any atom is 0.326 e. The van der Waals surface area contributed by atoms with Gasteiger partial charge in [0.05, 0.1) is 5.56 Å². The second kappa shape index (κ2) is 12.9. The SMILES string of the molecule is C[C@H]1CN(C(=O)COCCCCc2nc(N3CCC[C@H]3C(=O)O)c3oc4ccccc4c3n2)CC[C@]1(F)c1cc(Br)c[nH]c1=O. The molecule has 1 aromatic carbocycles. The lowest BCUT2D eigenvalue weighted by Gasteiger charge is -2.41. The molecule has 1 amide bonds. The van der Waals surface area contributed by atoms with E-state index in [4.69, 9.17) is 19.1 Å². The molecule has 4 aromatic rings. The number of H-pyrrole nitrogens is 1. The Morgan fingerprint density at radius 2 is 2.07 bits per heavy atom. The Bertz CT molecular complexity index is 1800. The fraction of sp³-hybridized carbons (Fsp3) is 0.469. The van der Waals surface area contributed by atoms with Crippen LogP contribution >= 0.6 is 15.9 Å². The molecule has 2 fully saturated rings. The third kappa shape index (κ3) is 6.19. The zero-order valence-corrected chi connectivity index (χ0v) is 26.5. The van der Waals surface area contributed by atoms with E-state index in [0.29, 0.717) is 71.6 Å². The number of pyridine rings is 1. The van der Waals surface area contributed by atoms with E-state index in [1.54, 1.807) is 16.7 Å². The highest BCUT2D eigenvalue weighted by Crippen LogP contribution is 2.40. The number of furan rings is 1. The highest BCUT2D eigenvalue weighted by Gasteiger charge is 2.45. The number of alkyl halides is 1. The number of hydrogen-bond donors (Lipinski definition) is 2. The highest BCUT2D eigenvalue weighted by atomic mass is 79.9. The number of carbonyl (C=O) groups is 2. The number of unbranched alkanes of at least 4 members (excludes halogenated alkanes) is 1. The first-order chi connectivity index (χ1) is 21.7. The van der Waals surface area contributed by atoms with Crippen molar-refractivity contribution in [2.75, 3.05) is 37.7 Å². The number of benzene rings is 1. The van der Waals surface area contributed by atoms with Crippen molar-refractivity contribution in [1.29, 1.82) is 0 Å². The maximum atomic E-state index is 16.0. The van der Waals surface area contributed by atoms with Crippen LogP contribution in [0.2, 0.25) is 0 Å². The predicted molar refractivity (Wildman–Crippen MR) is 169 cm³/mol. The number of nitrogens with zero attached hydrogens (tertiary/aromatic N) is 4. The number of amides is 1. The summed E-state index contributed by atoms with van der Waals surface area (Å²) in [7, 11) is 0. The van der Waals surface area contributed by atoms with Crippen LogP contribution in [0, 0.1) is 5.92 Å². The van der Waals surface area contributed by atoms with Crippen molar-refractivity contribution in [2.24, 2.45) is 5.92 Å². The van der Waals surface area contributed by atoms with Gasteiger partial charge in [-0.15, -0.1) is 0 Å². The van der Waals surface area contributed by atoms with Crippen molar-refractivity contribution < 1.29 is 28.2 Å². The van der Waals surface area contributed by atoms with Gasteiger partial charge in [0.15, 0.2) is 11.4 Å². The molecule has 0 spiro atoms. The lowest BCUT2D eigenvalue weighted by atomic mass is 9.79. The number of fused-ring (bicyclic) bond motifs is 3. The molecule has 3 atom stereocenters. The zero-order chi connectivity index (χ0) is 31.7. The number of carboxylic acids is 1. The minimum Gasteiger partial charge on any atom is -0.480 e. The van der Waals surface area contributed by atoms with Gasteiger partial charge < -0.3 is 29.0 Å².